The number of unbranched alkanes of at least 4 members (excludes halogenated alkanes) is 2. The van der Waals surface area contributed by atoms with E-state index in [1.807, 2.05) is 0 Å². The van der Waals surface area contributed by atoms with Gasteiger partial charge in [0.25, 0.3) is 10.1 Å². The molecule has 0 radical (unpaired) electrons. The zero-order chi connectivity index (χ0) is 11.2. The SMILES string of the molecule is CCCCCNC(C(C)C)S(=O)(=O)O. The molecule has 0 amide bonds. The molecule has 0 aromatic heterocycles. The Labute approximate surface area is 86.8 Å². The Morgan fingerprint density at radius 3 is 2.21 bits per heavy atom. The van der Waals surface area contributed by atoms with E-state index in [0.717, 1.165) is 19.3 Å². The molecule has 0 bridgehead atoms. The predicted molar refractivity (Wildman–Crippen MR) is 57.7 cm³/mol. The lowest BCUT2D eigenvalue weighted by Gasteiger charge is -2.18. The van der Waals surface area contributed by atoms with Crippen LogP contribution in [0.3, 0.4) is 0 Å². The van der Waals surface area contributed by atoms with Crippen LogP contribution in [0.2, 0.25) is 0 Å². The highest BCUT2D eigenvalue weighted by Crippen LogP contribution is 2.08. The molecule has 86 valence electrons. The minimum atomic E-state index is -3.96. The average molecular weight is 223 g/mol. The van der Waals surface area contributed by atoms with Crippen LogP contribution in [-0.4, -0.2) is 24.9 Å². The molecule has 0 aromatic rings. The van der Waals surface area contributed by atoms with Gasteiger partial charge in [0.15, 0.2) is 0 Å². The van der Waals surface area contributed by atoms with Gasteiger partial charge in [-0.2, -0.15) is 8.42 Å². The van der Waals surface area contributed by atoms with Crippen LogP contribution in [0.1, 0.15) is 40.0 Å². The maximum atomic E-state index is 10.9. The molecule has 2 N–H and O–H groups in total. The zero-order valence-electron chi connectivity index (χ0n) is 9.16. The van der Waals surface area contributed by atoms with Gasteiger partial charge in [-0.3, -0.25) is 9.87 Å². The molecule has 0 aliphatic rings. The summed E-state index contributed by atoms with van der Waals surface area (Å²) in [5, 5.41) is 2.02. The highest BCUT2D eigenvalue weighted by molar-refractivity contribution is 7.86. The third kappa shape index (κ3) is 5.57. The van der Waals surface area contributed by atoms with Gasteiger partial charge < -0.3 is 0 Å². The van der Waals surface area contributed by atoms with Crippen LogP contribution in [-0.2, 0) is 10.1 Å². The second-order valence-electron chi connectivity index (χ2n) is 3.84. The molecule has 0 aliphatic heterocycles. The lowest BCUT2D eigenvalue weighted by atomic mass is 10.2. The molecule has 5 heteroatoms. The lowest BCUT2D eigenvalue weighted by Crippen LogP contribution is -2.41. The third-order valence-corrected chi connectivity index (χ3v) is 3.41. The molecule has 1 atom stereocenters. The highest BCUT2D eigenvalue weighted by Gasteiger charge is 2.25. The van der Waals surface area contributed by atoms with E-state index in [-0.39, 0.29) is 5.92 Å². The molecule has 1 unspecified atom stereocenters. The summed E-state index contributed by atoms with van der Waals surface area (Å²) >= 11 is 0. The van der Waals surface area contributed by atoms with Crippen LogP contribution in [0, 0.1) is 5.92 Å². The standard InChI is InChI=1S/C9H21NO3S/c1-4-5-6-7-10-9(8(2)3)14(11,12)13/h8-10H,4-7H2,1-3H3,(H,11,12,13). The molecule has 0 saturated heterocycles. The number of hydrogen-bond acceptors (Lipinski definition) is 3. The van der Waals surface area contributed by atoms with Gasteiger partial charge in [-0.25, -0.2) is 0 Å². The molecule has 0 heterocycles. The molecule has 0 aliphatic carbocycles. The largest absolute Gasteiger partial charge is 0.299 e. The van der Waals surface area contributed by atoms with E-state index in [2.05, 4.69) is 12.2 Å². The first-order chi connectivity index (χ1) is 6.39. The van der Waals surface area contributed by atoms with Crippen molar-refractivity contribution in [2.24, 2.45) is 5.92 Å². The second kappa shape index (κ2) is 6.37. The fraction of sp³-hybridized carbons (Fsp3) is 1.00. The van der Waals surface area contributed by atoms with Crippen LogP contribution in [0.15, 0.2) is 0 Å². The van der Waals surface area contributed by atoms with Gasteiger partial charge in [0.1, 0.15) is 5.37 Å². The van der Waals surface area contributed by atoms with E-state index in [9.17, 15) is 8.42 Å². The molecule has 0 saturated carbocycles. The summed E-state index contributed by atoms with van der Waals surface area (Å²) in [6, 6.07) is 0. The van der Waals surface area contributed by atoms with Crippen molar-refractivity contribution in [1.29, 1.82) is 0 Å². The molecular weight excluding hydrogens is 202 g/mol. The fourth-order valence-electron chi connectivity index (χ4n) is 1.30. The Hall–Kier alpha value is -0.130. The molecule has 14 heavy (non-hydrogen) atoms. The van der Waals surface area contributed by atoms with Crippen molar-refractivity contribution in [3.63, 3.8) is 0 Å². The summed E-state index contributed by atoms with van der Waals surface area (Å²) in [6.45, 7) is 6.26. The second-order valence-corrected chi connectivity index (χ2v) is 5.38. The van der Waals surface area contributed by atoms with Gasteiger partial charge in [-0.05, 0) is 18.9 Å². The van der Waals surface area contributed by atoms with E-state index in [4.69, 9.17) is 4.55 Å². The van der Waals surface area contributed by atoms with Crippen molar-refractivity contribution >= 4 is 10.1 Å². The van der Waals surface area contributed by atoms with E-state index in [1.165, 1.54) is 0 Å². The van der Waals surface area contributed by atoms with Gasteiger partial charge in [0.2, 0.25) is 0 Å². The summed E-state index contributed by atoms with van der Waals surface area (Å²) in [4.78, 5) is 0. The van der Waals surface area contributed by atoms with Crippen LogP contribution in [0.5, 0.6) is 0 Å². The number of rotatable bonds is 7. The molecule has 0 spiro atoms. The number of nitrogens with one attached hydrogen (secondary N) is 1. The van der Waals surface area contributed by atoms with Crippen molar-refractivity contribution in [1.82, 2.24) is 5.32 Å². The number of hydrogen-bond donors (Lipinski definition) is 2. The zero-order valence-corrected chi connectivity index (χ0v) is 9.97. The maximum absolute atomic E-state index is 10.9. The van der Waals surface area contributed by atoms with Crippen LogP contribution in [0.25, 0.3) is 0 Å². The van der Waals surface area contributed by atoms with E-state index < -0.39 is 15.5 Å². The van der Waals surface area contributed by atoms with Crippen LogP contribution in [0.4, 0.5) is 0 Å². The molecular formula is C9H21NO3S. The molecule has 0 aromatic carbocycles. The third-order valence-electron chi connectivity index (χ3n) is 2.05. The van der Waals surface area contributed by atoms with Gasteiger partial charge in [-0.1, -0.05) is 33.6 Å². The van der Waals surface area contributed by atoms with Crippen molar-refractivity contribution in [3.05, 3.63) is 0 Å². The van der Waals surface area contributed by atoms with Gasteiger partial charge in [0, 0.05) is 0 Å². The monoisotopic (exact) mass is 223 g/mol. The first-order valence-electron chi connectivity index (χ1n) is 5.09. The van der Waals surface area contributed by atoms with Gasteiger partial charge in [-0.15, -0.1) is 0 Å². The van der Waals surface area contributed by atoms with Gasteiger partial charge in [0.05, 0.1) is 0 Å². The Bertz CT molecular complexity index is 236. The Morgan fingerprint density at radius 1 is 1.29 bits per heavy atom. The predicted octanol–water partition coefficient (Wildman–Crippen LogP) is 1.64. The van der Waals surface area contributed by atoms with Crippen molar-refractivity contribution in [3.8, 4) is 0 Å². The average Bonchev–Trinajstić information content (AvgIpc) is 2.01. The van der Waals surface area contributed by atoms with E-state index in [0.29, 0.717) is 6.54 Å². The van der Waals surface area contributed by atoms with Crippen molar-refractivity contribution in [2.75, 3.05) is 6.54 Å². The van der Waals surface area contributed by atoms with Gasteiger partial charge >= 0.3 is 0 Å². The van der Waals surface area contributed by atoms with Crippen molar-refractivity contribution < 1.29 is 13.0 Å². The topological polar surface area (TPSA) is 66.4 Å². The lowest BCUT2D eigenvalue weighted by molar-refractivity contribution is 0.407. The minimum absolute atomic E-state index is 0.119. The fourth-order valence-corrected chi connectivity index (χ4v) is 2.32. The van der Waals surface area contributed by atoms with E-state index in [1.54, 1.807) is 13.8 Å². The summed E-state index contributed by atoms with van der Waals surface area (Å²) < 4.78 is 30.8. The first-order valence-corrected chi connectivity index (χ1v) is 6.59. The summed E-state index contributed by atoms with van der Waals surface area (Å²) in [5.74, 6) is -0.119. The maximum Gasteiger partial charge on any atom is 0.281 e. The summed E-state index contributed by atoms with van der Waals surface area (Å²) in [6.07, 6.45) is 3.11. The minimum Gasteiger partial charge on any atom is -0.299 e. The Balaban J connectivity index is 4.01. The Morgan fingerprint density at radius 2 is 1.86 bits per heavy atom. The quantitative estimate of drug-likeness (QED) is 0.508. The molecule has 0 fully saturated rings. The van der Waals surface area contributed by atoms with Crippen LogP contribution < -0.4 is 5.32 Å². The van der Waals surface area contributed by atoms with E-state index >= 15 is 0 Å². The molecule has 0 rings (SSSR count). The first kappa shape index (κ1) is 13.9. The normalized spacial score (nSPS) is 14.6. The van der Waals surface area contributed by atoms with Crippen LogP contribution >= 0.6 is 0 Å². The summed E-state index contributed by atoms with van der Waals surface area (Å²) in [5.41, 5.74) is 0. The Kier molecular flexibility index (Phi) is 6.31. The smallest absolute Gasteiger partial charge is 0.281 e. The summed E-state index contributed by atoms with van der Waals surface area (Å²) in [7, 11) is -3.96. The highest BCUT2D eigenvalue weighted by atomic mass is 32.2. The molecule has 4 nitrogen and oxygen atoms in total. The van der Waals surface area contributed by atoms with Crippen molar-refractivity contribution in [2.45, 2.75) is 45.4 Å².